The van der Waals surface area contributed by atoms with Crippen molar-refractivity contribution in [2.75, 3.05) is 13.1 Å². The summed E-state index contributed by atoms with van der Waals surface area (Å²) in [7, 11) is 0. The fourth-order valence-corrected chi connectivity index (χ4v) is 2.31. The molecule has 0 aliphatic carbocycles. The molecule has 0 bridgehead atoms. The van der Waals surface area contributed by atoms with Crippen LogP contribution in [-0.2, 0) is 6.42 Å². The third-order valence-electron chi connectivity index (χ3n) is 3.26. The molecule has 2 N–H and O–H groups in total. The molecule has 0 spiro atoms. The first-order valence-corrected chi connectivity index (χ1v) is 5.97. The molecular weight excluding hydrogens is 224 g/mol. The van der Waals surface area contributed by atoms with E-state index in [2.05, 4.69) is 5.32 Å². The van der Waals surface area contributed by atoms with Gasteiger partial charge in [0.25, 0.3) is 6.43 Å². The number of alkyl halides is 2. The first-order chi connectivity index (χ1) is 8.16. The molecule has 0 saturated carbocycles. The number of rotatable bonds is 3. The second-order valence-corrected chi connectivity index (χ2v) is 4.61. The average Bonchev–Trinajstić information content (AvgIpc) is 2.33. The van der Waals surface area contributed by atoms with Crippen molar-refractivity contribution >= 4 is 0 Å². The number of halogens is 2. The maximum atomic E-state index is 12.6. The molecule has 1 atom stereocenters. The van der Waals surface area contributed by atoms with Crippen molar-refractivity contribution < 1.29 is 13.9 Å². The number of phenols is 1. The van der Waals surface area contributed by atoms with Gasteiger partial charge in [0.1, 0.15) is 5.75 Å². The number of benzene rings is 1. The summed E-state index contributed by atoms with van der Waals surface area (Å²) >= 11 is 0. The Kier molecular flexibility index (Phi) is 3.94. The van der Waals surface area contributed by atoms with E-state index in [-0.39, 0.29) is 11.3 Å². The number of aromatic hydroxyl groups is 1. The van der Waals surface area contributed by atoms with Crippen molar-refractivity contribution in [3.63, 3.8) is 0 Å². The number of hydrogen-bond donors (Lipinski definition) is 2. The van der Waals surface area contributed by atoms with Crippen LogP contribution in [0.3, 0.4) is 0 Å². The van der Waals surface area contributed by atoms with Gasteiger partial charge < -0.3 is 10.4 Å². The van der Waals surface area contributed by atoms with Crippen LogP contribution >= 0.6 is 0 Å². The minimum atomic E-state index is -2.47. The highest BCUT2D eigenvalue weighted by Crippen LogP contribution is 2.28. The molecule has 4 heteroatoms. The molecule has 0 amide bonds. The Morgan fingerprint density at radius 2 is 2.24 bits per heavy atom. The molecule has 1 fully saturated rings. The second-order valence-electron chi connectivity index (χ2n) is 4.61. The largest absolute Gasteiger partial charge is 0.508 e. The second kappa shape index (κ2) is 5.45. The topological polar surface area (TPSA) is 32.3 Å². The minimum absolute atomic E-state index is 0.0124. The predicted octanol–water partition coefficient (Wildman–Crippen LogP) is 2.87. The fraction of sp³-hybridized carbons (Fsp3) is 0.538. The first-order valence-electron chi connectivity index (χ1n) is 5.97. The molecular formula is C13H17F2NO. The van der Waals surface area contributed by atoms with Crippen LogP contribution < -0.4 is 5.32 Å². The summed E-state index contributed by atoms with van der Waals surface area (Å²) in [5, 5.41) is 13.0. The first kappa shape index (κ1) is 12.3. The zero-order valence-corrected chi connectivity index (χ0v) is 9.63. The van der Waals surface area contributed by atoms with E-state index in [0.29, 0.717) is 17.9 Å². The molecule has 1 aromatic rings. The number of nitrogens with one attached hydrogen (secondary N) is 1. The molecule has 1 unspecified atom stereocenters. The molecule has 1 aromatic carbocycles. The van der Waals surface area contributed by atoms with Crippen molar-refractivity contribution in [1.82, 2.24) is 5.32 Å². The highest BCUT2D eigenvalue weighted by atomic mass is 19.3. The highest BCUT2D eigenvalue weighted by molar-refractivity contribution is 5.37. The van der Waals surface area contributed by atoms with Gasteiger partial charge in [0.15, 0.2) is 0 Å². The van der Waals surface area contributed by atoms with Crippen LogP contribution in [0.15, 0.2) is 18.2 Å². The zero-order chi connectivity index (χ0) is 12.3. The van der Waals surface area contributed by atoms with E-state index in [1.54, 1.807) is 0 Å². The molecule has 17 heavy (non-hydrogen) atoms. The summed E-state index contributed by atoms with van der Waals surface area (Å²) in [5.74, 6) is 0.558. The molecule has 0 radical (unpaired) electrons. The normalized spacial score (nSPS) is 20.8. The summed E-state index contributed by atoms with van der Waals surface area (Å²) in [6.45, 7) is 1.93. The van der Waals surface area contributed by atoms with Gasteiger partial charge in [-0.2, -0.15) is 0 Å². The third-order valence-corrected chi connectivity index (χ3v) is 3.26. The Hall–Kier alpha value is -1.16. The standard InChI is InChI=1S/C13H17F2NO/c14-13(15)10-3-4-12(17)11(7-10)6-9-2-1-5-16-8-9/h3-4,7,9,13,16-17H,1-2,5-6,8H2. The summed E-state index contributed by atoms with van der Waals surface area (Å²) < 4.78 is 25.1. The molecule has 2 nitrogen and oxygen atoms in total. The predicted molar refractivity (Wildman–Crippen MR) is 62.4 cm³/mol. The number of hydrogen-bond acceptors (Lipinski definition) is 2. The SMILES string of the molecule is Oc1ccc(C(F)F)cc1CC1CCCNC1. The lowest BCUT2D eigenvalue weighted by Crippen LogP contribution is -2.30. The monoisotopic (exact) mass is 241 g/mol. The van der Waals surface area contributed by atoms with Crippen molar-refractivity contribution in [3.8, 4) is 5.75 Å². The van der Waals surface area contributed by atoms with Crippen LogP contribution in [-0.4, -0.2) is 18.2 Å². The van der Waals surface area contributed by atoms with Crippen LogP contribution in [0, 0.1) is 5.92 Å². The molecule has 1 saturated heterocycles. The van der Waals surface area contributed by atoms with Crippen LogP contribution in [0.2, 0.25) is 0 Å². The molecule has 94 valence electrons. The summed E-state index contributed by atoms with van der Waals surface area (Å²) in [4.78, 5) is 0. The van der Waals surface area contributed by atoms with Crippen molar-refractivity contribution in [2.45, 2.75) is 25.7 Å². The van der Waals surface area contributed by atoms with Crippen LogP contribution in [0.25, 0.3) is 0 Å². The van der Waals surface area contributed by atoms with Gasteiger partial charge in [-0.1, -0.05) is 0 Å². The molecule has 2 rings (SSSR count). The Morgan fingerprint density at radius 1 is 1.41 bits per heavy atom. The van der Waals surface area contributed by atoms with Gasteiger partial charge in [0, 0.05) is 5.56 Å². The maximum Gasteiger partial charge on any atom is 0.263 e. The molecule has 1 heterocycles. The van der Waals surface area contributed by atoms with Gasteiger partial charge >= 0.3 is 0 Å². The van der Waals surface area contributed by atoms with E-state index in [4.69, 9.17) is 0 Å². The Labute approximate surface area is 99.7 Å². The summed E-state index contributed by atoms with van der Waals surface area (Å²) in [6.07, 6.45) is 0.392. The minimum Gasteiger partial charge on any atom is -0.508 e. The third kappa shape index (κ3) is 3.16. The molecule has 1 aliphatic rings. The van der Waals surface area contributed by atoms with Gasteiger partial charge in [0.05, 0.1) is 0 Å². The summed E-state index contributed by atoms with van der Waals surface area (Å²) in [6, 6.07) is 4.07. The van der Waals surface area contributed by atoms with Gasteiger partial charge in [-0.05, 0) is 62.0 Å². The fourth-order valence-electron chi connectivity index (χ4n) is 2.31. The smallest absolute Gasteiger partial charge is 0.263 e. The van der Waals surface area contributed by atoms with Crippen molar-refractivity contribution in [1.29, 1.82) is 0 Å². The van der Waals surface area contributed by atoms with Crippen LogP contribution in [0.5, 0.6) is 5.75 Å². The van der Waals surface area contributed by atoms with Gasteiger partial charge in [-0.15, -0.1) is 0 Å². The number of phenolic OH excluding ortho intramolecular Hbond substituents is 1. The van der Waals surface area contributed by atoms with E-state index in [0.717, 1.165) is 25.9 Å². The Morgan fingerprint density at radius 3 is 2.88 bits per heavy atom. The van der Waals surface area contributed by atoms with E-state index < -0.39 is 6.43 Å². The highest BCUT2D eigenvalue weighted by Gasteiger charge is 2.17. The van der Waals surface area contributed by atoms with Crippen LogP contribution in [0.4, 0.5) is 8.78 Å². The summed E-state index contributed by atoms with van der Waals surface area (Å²) in [5.41, 5.74) is 0.623. The molecule has 0 aromatic heterocycles. The van der Waals surface area contributed by atoms with E-state index in [1.165, 1.54) is 18.2 Å². The van der Waals surface area contributed by atoms with Crippen LogP contribution in [0.1, 0.15) is 30.4 Å². The van der Waals surface area contributed by atoms with Gasteiger partial charge in [-0.3, -0.25) is 0 Å². The van der Waals surface area contributed by atoms with E-state index in [1.807, 2.05) is 0 Å². The lowest BCUT2D eigenvalue weighted by atomic mass is 9.91. The Balaban J connectivity index is 2.10. The lowest BCUT2D eigenvalue weighted by Gasteiger charge is -2.23. The van der Waals surface area contributed by atoms with Gasteiger partial charge in [0.2, 0.25) is 0 Å². The maximum absolute atomic E-state index is 12.6. The lowest BCUT2D eigenvalue weighted by molar-refractivity contribution is 0.151. The Bertz CT molecular complexity index is 376. The van der Waals surface area contributed by atoms with Crippen molar-refractivity contribution in [2.24, 2.45) is 5.92 Å². The van der Waals surface area contributed by atoms with Gasteiger partial charge in [-0.25, -0.2) is 8.78 Å². The van der Waals surface area contributed by atoms with Crippen molar-refractivity contribution in [3.05, 3.63) is 29.3 Å². The van der Waals surface area contributed by atoms with E-state index >= 15 is 0 Å². The quantitative estimate of drug-likeness (QED) is 0.852. The average molecular weight is 241 g/mol. The molecule has 1 aliphatic heterocycles. The zero-order valence-electron chi connectivity index (χ0n) is 9.63. The van der Waals surface area contributed by atoms with E-state index in [9.17, 15) is 13.9 Å². The number of piperidine rings is 1.